The molecule has 3 aromatic carbocycles. The molecule has 2 aliphatic rings. The van der Waals surface area contributed by atoms with E-state index in [-0.39, 0.29) is 18.1 Å². The maximum Gasteiger partial charge on any atom is 0.336 e. The van der Waals surface area contributed by atoms with Gasteiger partial charge in [0.25, 0.3) is 5.69 Å². The lowest BCUT2D eigenvalue weighted by atomic mass is 9.80. The highest BCUT2D eigenvalue weighted by Gasteiger charge is 2.42. The monoisotopic (exact) mass is 560 g/mol. The molecule has 1 N–H and O–H groups in total. The van der Waals surface area contributed by atoms with Gasteiger partial charge < -0.3 is 14.8 Å². The number of rotatable bonds is 6. The minimum Gasteiger partial charge on any atom is -0.488 e. The lowest BCUT2D eigenvalue weighted by Crippen LogP contribution is -2.29. The van der Waals surface area contributed by atoms with Gasteiger partial charge in [0.2, 0.25) is 0 Å². The Morgan fingerprint density at radius 3 is 2.43 bits per heavy atom. The summed E-state index contributed by atoms with van der Waals surface area (Å²) >= 11 is 3.56. The number of carbonyl (C=O) groups is 2. The van der Waals surface area contributed by atoms with Crippen LogP contribution in [-0.4, -0.2) is 23.8 Å². The van der Waals surface area contributed by atoms with E-state index in [4.69, 9.17) is 9.47 Å². The smallest absolute Gasteiger partial charge is 0.336 e. The third kappa shape index (κ3) is 4.31. The van der Waals surface area contributed by atoms with Crippen LogP contribution in [-0.2, 0) is 16.1 Å². The van der Waals surface area contributed by atoms with Gasteiger partial charge in [-0.25, -0.2) is 4.79 Å². The van der Waals surface area contributed by atoms with Gasteiger partial charge in [-0.1, -0.05) is 30.3 Å². The highest BCUT2D eigenvalue weighted by Crippen LogP contribution is 2.47. The second kappa shape index (κ2) is 9.67. The van der Waals surface area contributed by atoms with Crippen LogP contribution >= 0.6 is 15.9 Å². The molecule has 1 atom stereocenters. The first kappa shape index (κ1) is 24.5. The minimum absolute atomic E-state index is 0.0123. The van der Waals surface area contributed by atoms with Crippen molar-refractivity contribution in [3.05, 3.63) is 120 Å². The molecule has 0 saturated carbocycles. The number of methoxy groups -OCH3 is 1. The Kier molecular flexibility index (Phi) is 6.39. The Morgan fingerprint density at radius 1 is 1.08 bits per heavy atom. The highest BCUT2D eigenvalue weighted by atomic mass is 79.9. The predicted octanol–water partition coefficient (Wildman–Crippen LogP) is 5.68. The molecule has 3 aromatic rings. The van der Waals surface area contributed by atoms with Gasteiger partial charge in [0, 0.05) is 40.4 Å². The number of nitro groups is 1. The van der Waals surface area contributed by atoms with Crippen molar-refractivity contribution in [2.75, 3.05) is 7.11 Å². The molecule has 0 spiro atoms. The van der Waals surface area contributed by atoms with Crippen LogP contribution in [0.4, 0.5) is 5.69 Å². The van der Waals surface area contributed by atoms with E-state index in [2.05, 4.69) is 21.2 Å². The second-order valence-electron chi connectivity index (χ2n) is 8.65. The lowest BCUT2D eigenvalue weighted by Gasteiger charge is -2.29. The number of hydrogen-bond donors (Lipinski definition) is 1. The lowest BCUT2D eigenvalue weighted by molar-refractivity contribution is -0.384. The zero-order valence-electron chi connectivity index (χ0n) is 19.9. The highest BCUT2D eigenvalue weighted by molar-refractivity contribution is 9.10. The number of hydrogen-bond acceptors (Lipinski definition) is 7. The maximum absolute atomic E-state index is 13.5. The third-order valence-corrected chi connectivity index (χ3v) is 7.10. The molecule has 0 aromatic heterocycles. The first-order chi connectivity index (χ1) is 17.8. The van der Waals surface area contributed by atoms with E-state index in [1.54, 1.807) is 31.2 Å². The van der Waals surface area contributed by atoms with Gasteiger partial charge in [0.05, 0.1) is 27.8 Å². The standard InChI is InChI=1S/C28H21BrN2O6/c1-15-23(28(33)36-2)24(25-26(30-15)19-5-3-4-6-20(19)27(25)32)17-9-12-22(21(29)13-17)37-14-16-7-10-18(11-8-16)31(34)35/h3-13,24,30H,14H2,1-2H3/t24-/m0/s1. The minimum atomic E-state index is -0.636. The maximum atomic E-state index is 13.5. The molecule has 0 amide bonds. The summed E-state index contributed by atoms with van der Waals surface area (Å²) in [5, 5.41) is 14.1. The summed E-state index contributed by atoms with van der Waals surface area (Å²) in [5.41, 5.74) is 5.09. The van der Waals surface area contributed by atoms with Crippen molar-refractivity contribution >= 4 is 39.1 Å². The Balaban J connectivity index is 1.49. The number of Topliss-reactive ketones (excluding diaryl/α,β-unsaturated/α-hetero) is 1. The van der Waals surface area contributed by atoms with Crippen molar-refractivity contribution in [3.8, 4) is 5.75 Å². The van der Waals surface area contributed by atoms with Crippen molar-refractivity contribution in [1.82, 2.24) is 5.32 Å². The van der Waals surface area contributed by atoms with Crippen molar-refractivity contribution < 1.29 is 24.0 Å². The van der Waals surface area contributed by atoms with Gasteiger partial charge in [0.15, 0.2) is 5.78 Å². The fourth-order valence-electron chi connectivity index (χ4n) is 4.73. The molecular formula is C28H21BrN2O6. The average Bonchev–Trinajstić information content (AvgIpc) is 3.18. The number of dihydropyridines is 1. The number of benzene rings is 3. The number of allylic oxidation sites excluding steroid dienone is 2. The van der Waals surface area contributed by atoms with Gasteiger partial charge >= 0.3 is 5.97 Å². The molecule has 5 rings (SSSR count). The van der Waals surface area contributed by atoms with Crippen LogP contribution < -0.4 is 10.1 Å². The van der Waals surface area contributed by atoms with E-state index in [1.807, 2.05) is 30.3 Å². The first-order valence-corrected chi connectivity index (χ1v) is 12.2. The third-order valence-electron chi connectivity index (χ3n) is 6.48. The number of nitrogens with zero attached hydrogens (tertiary/aromatic N) is 1. The summed E-state index contributed by atoms with van der Waals surface area (Å²) < 4.78 is 11.7. The van der Waals surface area contributed by atoms with Gasteiger partial charge in [-0.05, 0) is 58.2 Å². The van der Waals surface area contributed by atoms with E-state index in [0.29, 0.717) is 38.3 Å². The van der Waals surface area contributed by atoms with Crippen LogP contribution in [0.1, 0.15) is 39.9 Å². The van der Waals surface area contributed by atoms with E-state index >= 15 is 0 Å². The van der Waals surface area contributed by atoms with Gasteiger partial charge in [-0.3, -0.25) is 14.9 Å². The van der Waals surface area contributed by atoms with Gasteiger partial charge in [0.1, 0.15) is 12.4 Å². The number of nitro benzene ring substituents is 1. The number of ether oxygens (including phenoxy) is 2. The Morgan fingerprint density at radius 2 is 1.78 bits per heavy atom. The summed E-state index contributed by atoms with van der Waals surface area (Å²) in [6.07, 6.45) is 0. The van der Waals surface area contributed by atoms with Crippen molar-refractivity contribution in [3.63, 3.8) is 0 Å². The topological polar surface area (TPSA) is 108 Å². The zero-order valence-corrected chi connectivity index (χ0v) is 21.5. The Hall–Kier alpha value is -4.24. The number of carbonyl (C=O) groups excluding carboxylic acids is 2. The Labute approximate surface area is 220 Å². The molecule has 9 heteroatoms. The quantitative estimate of drug-likeness (QED) is 0.235. The molecule has 8 nitrogen and oxygen atoms in total. The molecule has 1 aliphatic carbocycles. The van der Waals surface area contributed by atoms with Crippen LogP contribution in [0.15, 0.2) is 88.0 Å². The fourth-order valence-corrected chi connectivity index (χ4v) is 5.24. The largest absolute Gasteiger partial charge is 0.488 e. The molecule has 0 fully saturated rings. The van der Waals surface area contributed by atoms with Crippen LogP contribution in [0, 0.1) is 10.1 Å². The number of esters is 1. The molecule has 0 unspecified atom stereocenters. The SMILES string of the molecule is COC(=O)C1=C(C)NC2=C(C(=O)c3ccccc32)[C@H]1c1ccc(OCc2ccc([N+](=O)[O-])cc2)c(Br)c1. The van der Waals surface area contributed by atoms with Gasteiger partial charge in [-0.15, -0.1) is 0 Å². The zero-order chi connectivity index (χ0) is 26.3. The van der Waals surface area contributed by atoms with Crippen LogP contribution in [0.3, 0.4) is 0 Å². The van der Waals surface area contributed by atoms with Crippen molar-refractivity contribution in [2.24, 2.45) is 0 Å². The molecular weight excluding hydrogens is 540 g/mol. The van der Waals surface area contributed by atoms with Gasteiger partial charge in [-0.2, -0.15) is 0 Å². The van der Waals surface area contributed by atoms with E-state index < -0.39 is 16.8 Å². The summed E-state index contributed by atoms with van der Waals surface area (Å²) in [4.78, 5) is 36.8. The number of fused-ring (bicyclic) bond motifs is 2. The van der Waals surface area contributed by atoms with Crippen LogP contribution in [0.5, 0.6) is 5.75 Å². The second-order valence-corrected chi connectivity index (χ2v) is 9.51. The average molecular weight is 561 g/mol. The molecule has 0 saturated heterocycles. The summed E-state index contributed by atoms with van der Waals surface area (Å²) in [6, 6.07) is 18.9. The molecule has 1 heterocycles. The first-order valence-electron chi connectivity index (χ1n) is 11.4. The number of non-ortho nitro benzene ring substituents is 1. The summed E-state index contributed by atoms with van der Waals surface area (Å²) in [5.74, 6) is -0.734. The van der Waals surface area contributed by atoms with E-state index in [0.717, 1.165) is 16.7 Å². The normalized spacial score (nSPS) is 16.2. The number of halogens is 1. The summed E-state index contributed by atoms with van der Waals surface area (Å²) in [7, 11) is 1.32. The van der Waals surface area contributed by atoms with Crippen molar-refractivity contribution in [1.29, 1.82) is 0 Å². The van der Waals surface area contributed by atoms with Crippen molar-refractivity contribution in [2.45, 2.75) is 19.4 Å². The number of ketones is 1. The molecule has 1 aliphatic heterocycles. The number of nitrogens with one attached hydrogen (secondary N) is 1. The fraction of sp³-hybridized carbons (Fsp3) is 0.143. The molecule has 37 heavy (non-hydrogen) atoms. The molecule has 0 radical (unpaired) electrons. The van der Waals surface area contributed by atoms with Crippen LogP contribution in [0.25, 0.3) is 5.70 Å². The summed E-state index contributed by atoms with van der Waals surface area (Å²) in [6.45, 7) is 2.00. The Bertz CT molecular complexity index is 1520. The van der Waals surface area contributed by atoms with E-state index in [1.165, 1.54) is 19.2 Å². The predicted molar refractivity (Wildman–Crippen MR) is 140 cm³/mol. The van der Waals surface area contributed by atoms with Crippen LogP contribution in [0.2, 0.25) is 0 Å². The molecule has 0 bridgehead atoms. The molecule has 186 valence electrons. The van der Waals surface area contributed by atoms with E-state index in [9.17, 15) is 19.7 Å².